The van der Waals surface area contributed by atoms with E-state index in [1.54, 1.807) is 0 Å². The molecule has 2 N–H and O–H groups in total. The second-order valence-electron chi connectivity index (χ2n) is 7.16. The molecule has 5 heteroatoms. The fourth-order valence-corrected chi connectivity index (χ4v) is 3.35. The molecule has 0 radical (unpaired) electrons. The van der Waals surface area contributed by atoms with Gasteiger partial charge in [0.05, 0.1) is 6.04 Å². The Balaban J connectivity index is 1.47. The van der Waals surface area contributed by atoms with E-state index in [1.165, 1.54) is 64.1 Å². The van der Waals surface area contributed by atoms with Crippen LogP contribution in [-0.2, 0) is 0 Å². The van der Waals surface area contributed by atoms with E-state index in [-0.39, 0.29) is 11.9 Å². The first-order valence-corrected chi connectivity index (χ1v) is 10.3. The molecule has 1 amide bonds. The van der Waals surface area contributed by atoms with Gasteiger partial charge in [-0.05, 0) is 25.8 Å². The third-order valence-electron chi connectivity index (χ3n) is 4.93. The van der Waals surface area contributed by atoms with Crippen LogP contribution in [0.1, 0.15) is 106 Å². The van der Waals surface area contributed by atoms with Crippen molar-refractivity contribution in [3.63, 3.8) is 0 Å². The Morgan fingerprint density at radius 2 is 1.84 bits per heavy atom. The highest BCUT2D eigenvalue weighted by Gasteiger charge is 2.22. The normalized spacial score (nSPS) is 17.1. The Hall–Kier alpha value is -1.36. The molecule has 1 aliphatic rings. The Kier molecular flexibility index (Phi) is 9.63. The van der Waals surface area contributed by atoms with Crippen molar-refractivity contribution in [1.82, 2.24) is 15.6 Å². The summed E-state index contributed by atoms with van der Waals surface area (Å²) < 4.78 is 5.44. The summed E-state index contributed by atoms with van der Waals surface area (Å²) in [6.45, 7) is 3.97. The molecule has 0 bridgehead atoms. The molecule has 2 rings (SSSR count). The lowest BCUT2D eigenvalue weighted by molar-refractivity contribution is 0.0948. The second kappa shape index (κ2) is 12.1. The summed E-state index contributed by atoms with van der Waals surface area (Å²) in [6, 6.07) is 0.170. The molecule has 142 valence electrons. The van der Waals surface area contributed by atoms with Gasteiger partial charge in [-0.15, -0.1) is 0 Å². The van der Waals surface area contributed by atoms with Gasteiger partial charge in [0, 0.05) is 6.54 Å². The molecule has 0 aliphatic carbocycles. The minimum Gasteiger partial charge on any atom is -0.446 e. The summed E-state index contributed by atoms with van der Waals surface area (Å²) in [4.78, 5) is 16.4. The Bertz CT molecular complexity index is 481. The number of hydrogen-bond donors (Lipinski definition) is 2. The lowest BCUT2D eigenvalue weighted by atomic mass is 10.1. The highest BCUT2D eigenvalue weighted by molar-refractivity contribution is 5.91. The average Bonchev–Trinajstić information content (AvgIpc) is 3.30. The molecular weight excluding hydrogens is 314 g/mol. The number of carbonyl (C=O) groups is 1. The quantitative estimate of drug-likeness (QED) is 0.504. The molecular formula is C20H35N3O2. The van der Waals surface area contributed by atoms with Crippen LogP contribution in [-0.4, -0.2) is 24.0 Å². The van der Waals surface area contributed by atoms with Gasteiger partial charge in [0.1, 0.15) is 6.26 Å². The number of rotatable bonds is 13. The van der Waals surface area contributed by atoms with Crippen LogP contribution in [0, 0.1) is 0 Å². The van der Waals surface area contributed by atoms with E-state index in [1.807, 2.05) is 0 Å². The summed E-state index contributed by atoms with van der Waals surface area (Å²) in [5.41, 5.74) is 0.399. The third kappa shape index (κ3) is 7.59. The third-order valence-corrected chi connectivity index (χ3v) is 4.93. The smallest absolute Gasteiger partial charge is 0.273 e. The van der Waals surface area contributed by atoms with Gasteiger partial charge in [-0.25, -0.2) is 4.98 Å². The van der Waals surface area contributed by atoms with E-state index < -0.39 is 0 Å². The number of unbranched alkanes of at least 4 members (excludes halogenated alkanes) is 9. The summed E-state index contributed by atoms with van der Waals surface area (Å²) in [7, 11) is 0. The lowest BCUT2D eigenvalue weighted by Crippen LogP contribution is -2.25. The molecule has 1 atom stereocenters. The molecule has 1 saturated heterocycles. The Labute approximate surface area is 152 Å². The molecule has 1 unspecified atom stereocenters. The molecule has 1 aliphatic heterocycles. The van der Waals surface area contributed by atoms with E-state index in [2.05, 4.69) is 22.5 Å². The first-order valence-electron chi connectivity index (χ1n) is 10.3. The zero-order valence-corrected chi connectivity index (χ0v) is 15.8. The Morgan fingerprint density at radius 3 is 2.48 bits per heavy atom. The number of amides is 1. The number of hydrogen-bond acceptors (Lipinski definition) is 4. The number of nitrogens with zero attached hydrogens (tertiary/aromatic N) is 1. The van der Waals surface area contributed by atoms with Crippen LogP contribution in [0.2, 0.25) is 0 Å². The zero-order chi connectivity index (χ0) is 17.7. The van der Waals surface area contributed by atoms with Crippen LogP contribution in [0.15, 0.2) is 10.7 Å². The second-order valence-corrected chi connectivity index (χ2v) is 7.16. The van der Waals surface area contributed by atoms with E-state index in [0.717, 1.165) is 32.4 Å². The lowest BCUT2D eigenvalue weighted by Gasteiger charge is -2.04. The van der Waals surface area contributed by atoms with E-state index in [0.29, 0.717) is 11.6 Å². The Morgan fingerprint density at radius 1 is 1.16 bits per heavy atom. The molecule has 1 fully saturated rings. The maximum Gasteiger partial charge on any atom is 0.273 e. The van der Waals surface area contributed by atoms with Gasteiger partial charge in [-0.3, -0.25) is 4.79 Å². The number of carbonyl (C=O) groups excluding carboxylic acids is 1. The monoisotopic (exact) mass is 349 g/mol. The summed E-state index contributed by atoms with van der Waals surface area (Å²) in [5.74, 6) is 0.519. The predicted molar refractivity (Wildman–Crippen MR) is 101 cm³/mol. The molecule has 1 aromatic rings. The van der Waals surface area contributed by atoms with Crippen molar-refractivity contribution in [2.75, 3.05) is 13.1 Å². The highest BCUT2D eigenvalue weighted by Crippen LogP contribution is 2.22. The molecule has 2 heterocycles. The van der Waals surface area contributed by atoms with E-state index in [9.17, 15) is 4.79 Å². The van der Waals surface area contributed by atoms with Crippen molar-refractivity contribution >= 4 is 5.91 Å². The maximum atomic E-state index is 12.1. The van der Waals surface area contributed by atoms with Crippen LogP contribution < -0.4 is 10.6 Å². The molecule has 1 aromatic heterocycles. The van der Waals surface area contributed by atoms with Gasteiger partial charge in [0.25, 0.3) is 5.91 Å². The first kappa shape index (κ1) is 20.0. The molecule has 0 spiro atoms. The fraction of sp³-hybridized carbons (Fsp3) is 0.800. The fourth-order valence-electron chi connectivity index (χ4n) is 3.35. The van der Waals surface area contributed by atoms with Gasteiger partial charge >= 0.3 is 0 Å². The van der Waals surface area contributed by atoms with Crippen LogP contribution in [0.25, 0.3) is 0 Å². The summed E-state index contributed by atoms with van der Waals surface area (Å²) >= 11 is 0. The van der Waals surface area contributed by atoms with Crippen molar-refractivity contribution in [3.8, 4) is 0 Å². The van der Waals surface area contributed by atoms with E-state index in [4.69, 9.17) is 4.42 Å². The van der Waals surface area contributed by atoms with Gasteiger partial charge in [-0.1, -0.05) is 64.7 Å². The summed E-state index contributed by atoms with van der Waals surface area (Å²) in [6.07, 6.45) is 16.7. The molecule has 0 saturated carbocycles. The SMILES string of the molecule is CCCCCCCCCCCCNC(=O)c1coc(C2CCCN2)n1. The molecule has 0 aromatic carbocycles. The van der Waals surface area contributed by atoms with Gasteiger partial charge in [-0.2, -0.15) is 0 Å². The standard InChI is InChI=1S/C20H35N3O2/c1-2-3-4-5-6-7-8-9-10-11-14-22-19(24)18-16-25-20(23-18)17-13-12-15-21-17/h16-17,21H,2-15H2,1H3,(H,22,24). The number of oxazole rings is 1. The van der Waals surface area contributed by atoms with Crippen molar-refractivity contribution in [3.05, 3.63) is 17.8 Å². The average molecular weight is 350 g/mol. The van der Waals surface area contributed by atoms with E-state index >= 15 is 0 Å². The zero-order valence-electron chi connectivity index (χ0n) is 15.8. The van der Waals surface area contributed by atoms with Crippen LogP contribution in [0.5, 0.6) is 0 Å². The van der Waals surface area contributed by atoms with Crippen molar-refractivity contribution < 1.29 is 9.21 Å². The predicted octanol–water partition coefficient (Wildman–Crippen LogP) is 4.75. The number of aromatic nitrogens is 1. The first-order chi connectivity index (χ1) is 12.3. The highest BCUT2D eigenvalue weighted by atomic mass is 16.3. The van der Waals surface area contributed by atoms with Gasteiger partial charge in [0.15, 0.2) is 5.69 Å². The topological polar surface area (TPSA) is 67.2 Å². The molecule has 5 nitrogen and oxygen atoms in total. The summed E-state index contributed by atoms with van der Waals surface area (Å²) in [5, 5.41) is 6.27. The largest absolute Gasteiger partial charge is 0.446 e. The number of nitrogens with one attached hydrogen (secondary N) is 2. The van der Waals surface area contributed by atoms with Gasteiger partial charge < -0.3 is 15.1 Å². The maximum absolute atomic E-state index is 12.1. The van der Waals surface area contributed by atoms with Crippen LogP contribution >= 0.6 is 0 Å². The van der Waals surface area contributed by atoms with Crippen LogP contribution in [0.4, 0.5) is 0 Å². The van der Waals surface area contributed by atoms with Crippen molar-refractivity contribution in [2.24, 2.45) is 0 Å². The van der Waals surface area contributed by atoms with Crippen LogP contribution in [0.3, 0.4) is 0 Å². The van der Waals surface area contributed by atoms with Crippen molar-refractivity contribution in [1.29, 1.82) is 0 Å². The molecule has 25 heavy (non-hydrogen) atoms. The van der Waals surface area contributed by atoms with Gasteiger partial charge in [0.2, 0.25) is 5.89 Å². The minimum atomic E-state index is -0.121. The van der Waals surface area contributed by atoms with Crippen molar-refractivity contribution in [2.45, 2.75) is 90.0 Å². The minimum absolute atomic E-state index is 0.121.